The second-order valence-electron chi connectivity index (χ2n) is 7.00. The van der Waals surface area contributed by atoms with Gasteiger partial charge in [-0.15, -0.1) is 0 Å². The number of piperazine rings is 1. The number of rotatable bonds is 4. The monoisotopic (exact) mass is 392 g/mol. The van der Waals surface area contributed by atoms with Crippen molar-refractivity contribution in [2.75, 3.05) is 33.8 Å². The normalized spacial score (nSPS) is 19.2. The summed E-state index contributed by atoms with van der Waals surface area (Å²) in [4.78, 5) is 2.44. The standard InChI is InChI=1S/C20H25FN2O3S/c1-14-11-18(26-4)12-15(2)20(14)27(24,25)23-10-9-22(3)19(13-23)16-5-7-17(21)8-6-16/h5-8,11-12,19H,9-10,13H2,1-4H3. The Morgan fingerprint density at radius 2 is 1.67 bits per heavy atom. The van der Waals surface area contributed by atoms with Crippen LogP contribution in [0, 0.1) is 19.7 Å². The third-order valence-electron chi connectivity index (χ3n) is 5.13. The van der Waals surface area contributed by atoms with E-state index in [9.17, 15) is 12.8 Å². The minimum atomic E-state index is -3.64. The van der Waals surface area contributed by atoms with Crippen LogP contribution in [-0.4, -0.2) is 51.4 Å². The summed E-state index contributed by atoms with van der Waals surface area (Å²) in [5.41, 5.74) is 2.25. The highest BCUT2D eigenvalue weighted by Gasteiger charge is 2.35. The molecule has 27 heavy (non-hydrogen) atoms. The van der Waals surface area contributed by atoms with Gasteiger partial charge in [-0.3, -0.25) is 4.90 Å². The first-order valence-corrected chi connectivity index (χ1v) is 10.3. The predicted octanol–water partition coefficient (Wildman–Crippen LogP) is 3.13. The molecule has 0 N–H and O–H groups in total. The van der Waals surface area contributed by atoms with Crippen molar-refractivity contribution >= 4 is 10.0 Å². The van der Waals surface area contributed by atoms with Crippen molar-refractivity contribution in [1.82, 2.24) is 9.21 Å². The van der Waals surface area contributed by atoms with Gasteiger partial charge in [-0.1, -0.05) is 12.1 Å². The fourth-order valence-corrected chi connectivity index (χ4v) is 5.53. The lowest BCUT2D eigenvalue weighted by Gasteiger charge is -2.39. The van der Waals surface area contributed by atoms with Gasteiger partial charge in [0.2, 0.25) is 10.0 Å². The van der Waals surface area contributed by atoms with Crippen LogP contribution < -0.4 is 4.74 Å². The molecule has 1 heterocycles. The van der Waals surface area contributed by atoms with Crippen LogP contribution >= 0.6 is 0 Å². The fraction of sp³-hybridized carbons (Fsp3) is 0.400. The number of ether oxygens (including phenoxy) is 1. The SMILES string of the molecule is COc1cc(C)c(S(=O)(=O)N2CCN(C)C(c3ccc(F)cc3)C2)c(C)c1. The van der Waals surface area contributed by atoms with Crippen LogP contribution in [0.15, 0.2) is 41.3 Å². The predicted molar refractivity (Wildman–Crippen MR) is 103 cm³/mol. The average molecular weight is 392 g/mol. The molecule has 0 saturated carbocycles. The maximum Gasteiger partial charge on any atom is 0.243 e. The number of aryl methyl sites for hydroxylation is 2. The lowest BCUT2D eigenvalue weighted by Crippen LogP contribution is -2.49. The molecular formula is C20H25FN2O3S. The molecule has 5 nitrogen and oxygen atoms in total. The quantitative estimate of drug-likeness (QED) is 0.802. The Labute approximate surface area is 160 Å². The smallest absolute Gasteiger partial charge is 0.243 e. The lowest BCUT2D eigenvalue weighted by molar-refractivity contribution is 0.148. The number of benzene rings is 2. The molecule has 1 aliphatic heterocycles. The third kappa shape index (κ3) is 3.85. The summed E-state index contributed by atoms with van der Waals surface area (Å²) in [5, 5.41) is 0. The van der Waals surface area contributed by atoms with Gasteiger partial charge in [0.25, 0.3) is 0 Å². The molecule has 1 unspecified atom stereocenters. The Balaban J connectivity index is 1.94. The summed E-state index contributed by atoms with van der Waals surface area (Å²) >= 11 is 0. The number of sulfonamides is 1. The molecule has 1 aliphatic rings. The number of nitrogens with zero attached hydrogens (tertiary/aromatic N) is 2. The van der Waals surface area contributed by atoms with E-state index < -0.39 is 10.0 Å². The lowest BCUT2D eigenvalue weighted by atomic mass is 10.0. The van der Waals surface area contributed by atoms with E-state index in [1.807, 2.05) is 7.05 Å². The average Bonchev–Trinajstić information content (AvgIpc) is 2.62. The molecule has 0 bridgehead atoms. The van der Waals surface area contributed by atoms with E-state index in [-0.39, 0.29) is 11.9 Å². The van der Waals surface area contributed by atoms with E-state index in [1.165, 1.54) is 16.4 Å². The van der Waals surface area contributed by atoms with E-state index in [1.54, 1.807) is 45.2 Å². The van der Waals surface area contributed by atoms with E-state index in [0.29, 0.717) is 41.4 Å². The molecule has 3 rings (SSSR count). The molecule has 1 atom stereocenters. The van der Waals surface area contributed by atoms with Crippen molar-refractivity contribution in [1.29, 1.82) is 0 Å². The van der Waals surface area contributed by atoms with Gasteiger partial charge in [0, 0.05) is 25.7 Å². The van der Waals surface area contributed by atoms with Gasteiger partial charge in [-0.25, -0.2) is 12.8 Å². The van der Waals surface area contributed by atoms with Crippen molar-refractivity contribution in [3.05, 3.63) is 58.9 Å². The van der Waals surface area contributed by atoms with E-state index in [4.69, 9.17) is 4.74 Å². The second-order valence-corrected chi connectivity index (χ2v) is 8.88. The number of likely N-dealkylation sites (N-methyl/N-ethyl adjacent to an activating group) is 1. The molecule has 2 aromatic carbocycles. The maximum absolute atomic E-state index is 13.4. The first-order chi connectivity index (χ1) is 12.7. The minimum absolute atomic E-state index is 0.118. The summed E-state index contributed by atoms with van der Waals surface area (Å²) < 4.78 is 46.8. The molecule has 0 aromatic heterocycles. The minimum Gasteiger partial charge on any atom is -0.497 e. The van der Waals surface area contributed by atoms with Crippen LogP contribution in [0.1, 0.15) is 22.7 Å². The van der Waals surface area contributed by atoms with Crippen LogP contribution in [0.3, 0.4) is 0 Å². The molecule has 2 aromatic rings. The highest BCUT2D eigenvalue weighted by atomic mass is 32.2. The molecule has 0 aliphatic carbocycles. The van der Waals surface area contributed by atoms with Gasteiger partial charge in [-0.2, -0.15) is 4.31 Å². The topological polar surface area (TPSA) is 49.9 Å². The first kappa shape index (κ1) is 19.8. The number of hydrogen-bond donors (Lipinski definition) is 0. The highest BCUT2D eigenvalue weighted by molar-refractivity contribution is 7.89. The first-order valence-electron chi connectivity index (χ1n) is 8.85. The molecule has 146 valence electrons. The van der Waals surface area contributed by atoms with E-state index in [2.05, 4.69) is 4.90 Å². The third-order valence-corrected chi connectivity index (χ3v) is 7.30. The number of methoxy groups -OCH3 is 1. The molecule has 0 spiro atoms. The Hall–Kier alpha value is -1.96. The summed E-state index contributed by atoms with van der Waals surface area (Å²) in [7, 11) is -0.118. The van der Waals surface area contributed by atoms with Gasteiger partial charge in [0.05, 0.1) is 12.0 Å². The summed E-state index contributed by atoms with van der Waals surface area (Å²) in [5.74, 6) is 0.345. The van der Waals surface area contributed by atoms with Crippen LogP contribution in [0.4, 0.5) is 4.39 Å². The summed E-state index contributed by atoms with van der Waals surface area (Å²) in [6.07, 6.45) is 0. The molecule has 0 radical (unpaired) electrons. The van der Waals surface area contributed by atoms with Crippen LogP contribution in [0.2, 0.25) is 0 Å². The molecular weight excluding hydrogens is 367 g/mol. The number of hydrogen-bond acceptors (Lipinski definition) is 4. The van der Waals surface area contributed by atoms with Crippen LogP contribution in [0.5, 0.6) is 5.75 Å². The van der Waals surface area contributed by atoms with Crippen molar-refractivity contribution in [3.8, 4) is 5.75 Å². The number of halogens is 1. The summed E-state index contributed by atoms with van der Waals surface area (Å²) in [6, 6.07) is 9.63. The fourth-order valence-electron chi connectivity index (χ4n) is 3.68. The largest absolute Gasteiger partial charge is 0.497 e. The molecule has 0 amide bonds. The Morgan fingerprint density at radius 3 is 2.22 bits per heavy atom. The van der Waals surface area contributed by atoms with E-state index >= 15 is 0 Å². The zero-order valence-corrected chi connectivity index (χ0v) is 16.9. The summed E-state index contributed by atoms with van der Waals surface area (Å²) in [6.45, 7) is 4.93. The zero-order valence-electron chi connectivity index (χ0n) is 16.1. The zero-order chi connectivity index (χ0) is 19.8. The van der Waals surface area contributed by atoms with Gasteiger partial charge in [0.15, 0.2) is 0 Å². The van der Waals surface area contributed by atoms with Gasteiger partial charge < -0.3 is 4.74 Å². The van der Waals surface area contributed by atoms with Crippen LogP contribution in [-0.2, 0) is 10.0 Å². The Morgan fingerprint density at radius 1 is 1.07 bits per heavy atom. The molecule has 1 saturated heterocycles. The van der Waals surface area contributed by atoms with Crippen molar-refractivity contribution in [2.45, 2.75) is 24.8 Å². The van der Waals surface area contributed by atoms with Crippen molar-refractivity contribution < 1.29 is 17.5 Å². The Kier molecular flexibility index (Phi) is 5.55. The van der Waals surface area contributed by atoms with Gasteiger partial charge >= 0.3 is 0 Å². The highest BCUT2D eigenvalue weighted by Crippen LogP contribution is 2.32. The van der Waals surface area contributed by atoms with Crippen molar-refractivity contribution in [3.63, 3.8) is 0 Å². The van der Waals surface area contributed by atoms with Crippen LogP contribution in [0.25, 0.3) is 0 Å². The molecule has 1 fully saturated rings. The van der Waals surface area contributed by atoms with Gasteiger partial charge in [0.1, 0.15) is 11.6 Å². The second kappa shape index (κ2) is 7.58. The van der Waals surface area contributed by atoms with E-state index in [0.717, 1.165) is 5.56 Å². The van der Waals surface area contributed by atoms with Crippen molar-refractivity contribution in [2.24, 2.45) is 0 Å². The maximum atomic E-state index is 13.4. The Bertz CT molecular complexity index is 906. The van der Waals surface area contributed by atoms with Gasteiger partial charge in [-0.05, 0) is 61.9 Å². The molecule has 7 heteroatoms.